The molecule has 1 aliphatic carbocycles. The Balaban J connectivity index is 0.839. The van der Waals surface area contributed by atoms with E-state index in [4.69, 9.17) is 0 Å². The molecule has 3 fully saturated rings. The van der Waals surface area contributed by atoms with Crippen molar-refractivity contribution >= 4 is 58.0 Å². The van der Waals surface area contributed by atoms with Crippen LogP contribution in [0.5, 0.6) is 0 Å². The molecule has 6 amide bonds. The molecule has 9 rings (SSSR count). The molecule has 3 aromatic rings. The highest BCUT2D eigenvalue weighted by Crippen LogP contribution is 2.44. The fourth-order valence-corrected chi connectivity index (χ4v) is 8.54. The highest BCUT2D eigenvalue weighted by Gasteiger charge is 2.45. The van der Waals surface area contributed by atoms with Crippen molar-refractivity contribution < 1.29 is 33.2 Å². The topological polar surface area (TPSA) is 155 Å². The van der Waals surface area contributed by atoms with Gasteiger partial charge in [-0.05, 0) is 73.7 Å². The SMILES string of the molecule is Cc1[nH]c2c(c1C(=O)N1CCN(C3CN(c4ccc5c(c4)C(=O)N(C4CCC(=O)NC4=O)C5=O)C3)CC1)CC/C2=C1/C(=O)Nc2ccc(F)cc21. The number of hydrogen-bond donors (Lipinski definition) is 3. The molecule has 0 saturated carbocycles. The van der Waals surface area contributed by atoms with Gasteiger partial charge in [-0.1, -0.05) is 0 Å². The molecule has 260 valence electrons. The van der Waals surface area contributed by atoms with Crippen LogP contribution in [0.25, 0.3) is 11.1 Å². The maximum atomic E-state index is 14.1. The van der Waals surface area contributed by atoms with Crippen molar-refractivity contribution in [1.29, 1.82) is 0 Å². The first-order valence-corrected chi connectivity index (χ1v) is 17.3. The molecule has 51 heavy (non-hydrogen) atoms. The molecule has 0 bridgehead atoms. The Labute approximate surface area is 291 Å². The number of aromatic nitrogens is 1. The number of allylic oxidation sites excluding steroid dienone is 1. The minimum absolute atomic E-state index is 0.0304. The largest absolute Gasteiger partial charge is 0.368 e. The second-order valence-electron chi connectivity index (χ2n) is 14.0. The third-order valence-corrected chi connectivity index (χ3v) is 11.2. The molecule has 0 radical (unpaired) electrons. The monoisotopic (exact) mass is 691 g/mol. The summed E-state index contributed by atoms with van der Waals surface area (Å²) in [6, 6.07) is 8.71. The number of halogens is 1. The van der Waals surface area contributed by atoms with Crippen LogP contribution in [0.1, 0.15) is 72.9 Å². The second kappa shape index (κ2) is 11.5. The lowest BCUT2D eigenvalue weighted by Crippen LogP contribution is -2.63. The first-order valence-electron chi connectivity index (χ1n) is 17.3. The Hall–Kier alpha value is -5.63. The number of fused-ring (bicyclic) bond motifs is 3. The Kier molecular flexibility index (Phi) is 7.04. The van der Waals surface area contributed by atoms with Crippen LogP contribution in [0.15, 0.2) is 36.4 Å². The summed E-state index contributed by atoms with van der Waals surface area (Å²) in [7, 11) is 0. The van der Waals surface area contributed by atoms with Gasteiger partial charge in [0.25, 0.3) is 23.6 Å². The Bertz CT molecular complexity index is 2160. The summed E-state index contributed by atoms with van der Waals surface area (Å²) in [5.41, 5.74) is 6.84. The number of aryl methyl sites for hydroxylation is 1. The standard InChI is InChI=1S/C37H34FN7O6/c1-18-30(23-5-6-24(32(23)39-18)31-26-14-19(38)2-7-27(26)40-34(31)48)37(51)43-12-10-42(11-13-43)21-16-44(17-21)20-3-4-22-25(15-20)36(50)45(35(22)49)28-8-9-29(46)41-33(28)47/h2-4,7,14-15,21,28,39H,5-6,8-13,16-17H2,1H3,(H,40,48)(H,41,46,47)/b31-24-. The van der Waals surface area contributed by atoms with E-state index < -0.39 is 35.5 Å². The Morgan fingerprint density at radius 1 is 0.843 bits per heavy atom. The van der Waals surface area contributed by atoms with E-state index in [1.165, 1.54) is 12.1 Å². The molecule has 13 nitrogen and oxygen atoms in total. The number of nitrogens with zero attached hydrogens (tertiary/aromatic N) is 4. The Morgan fingerprint density at radius 3 is 2.37 bits per heavy atom. The number of hydrogen-bond acceptors (Lipinski definition) is 8. The van der Waals surface area contributed by atoms with Crippen molar-refractivity contribution in [2.75, 3.05) is 49.5 Å². The van der Waals surface area contributed by atoms with Crippen molar-refractivity contribution in [2.24, 2.45) is 0 Å². The van der Waals surface area contributed by atoms with E-state index in [-0.39, 0.29) is 41.8 Å². The van der Waals surface area contributed by atoms with Gasteiger partial charge in [-0.15, -0.1) is 0 Å². The zero-order valence-electron chi connectivity index (χ0n) is 27.8. The summed E-state index contributed by atoms with van der Waals surface area (Å²) in [4.78, 5) is 88.0. The summed E-state index contributed by atoms with van der Waals surface area (Å²) < 4.78 is 14.1. The van der Waals surface area contributed by atoms with Crippen LogP contribution < -0.4 is 15.5 Å². The Morgan fingerprint density at radius 2 is 1.61 bits per heavy atom. The maximum absolute atomic E-state index is 14.1. The lowest BCUT2D eigenvalue weighted by atomic mass is 9.99. The first kappa shape index (κ1) is 31.4. The van der Waals surface area contributed by atoms with Crippen molar-refractivity contribution in [2.45, 2.75) is 44.7 Å². The molecule has 0 spiro atoms. The van der Waals surface area contributed by atoms with E-state index in [0.717, 1.165) is 46.2 Å². The van der Waals surface area contributed by atoms with E-state index in [1.54, 1.807) is 18.2 Å². The summed E-state index contributed by atoms with van der Waals surface area (Å²) >= 11 is 0. The quantitative estimate of drug-likeness (QED) is 0.278. The van der Waals surface area contributed by atoms with Gasteiger partial charge in [-0.2, -0.15) is 0 Å². The number of benzene rings is 2. The van der Waals surface area contributed by atoms with Crippen molar-refractivity contribution in [1.82, 2.24) is 25.0 Å². The third-order valence-electron chi connectivity index (χ3n) is 11.2. The zero-order chi connectivity index (χ0) is 35.3. The fourth-order valence-electron chi connectivity index (χ4n) is 8.54. The van der Waals surface area contributed by atoms with Crippen LogP contribution in [0.4, 0.5) is 15.8 Å². The predicted octanol–water partition coefficient (Wildman–Crippen LogP) is 2.32. The van der Waals surface area contributed by atoms with Gasteiger partial charge in [0.1, 0.15) is 11.9 Å². The number of amides is 6. The maximum Gasteiger partial charge on any atom is 0.262 e. The van der Waals surface area contributed by atoms with Crippen LogP contribution >= 0.6 is 0 Å². The first-order chi connectivity index (χ1) is 24.6. The van der Waals surface area contributed by atoms with Gasteiger partial charge >= 0.3 is 0 Å². The van der Waals surface area contributed by atoms with Gasteiger partial charge in [0, 0.05) is 80.1 Å². The molecule has 6 heterocycles. The van der Waals surface area contributed by atoms with E-state index in [1.807, 2.05) is 17.9 Å². The lowest BCUT2D eigenvalue weighted by molar-refractivity contribution is -0.136. The van der Waals surface area contributed by atoms with E-state index in [9.17, 15) is 33.2 Å². The number of piperazine rings is 1. The zero-order valence-corrected chi connectivity index (χ0v) is 27.8. The van der Waals surface area contributed by atoms with Crippen LogP contribution in [0.3, 0.4) is 0 Å². The number of imide groups is 2. The lowest BCUT2D eigenvalue weighted by Gasteiger charge is -2.49. The van der Waals surface area contributed by atoms with E-state index >= 15 is 0 Å². The van der Waals surface area contributed by atoms with Gasteiger partial charge in [0.15, 0.2) is 0 Å². The average molecular weight is 692 g/mol. The minimum Gasteiger partial charge on any atom is -0.368 e. The molecule has 2 aromatic carbocycles. The third kappa shape index (κ3) is 4.83. The molecule has 1 aromatic heterocycles. The second-order valence-corrected chi connectivity index (χ2v) is 14.0. The van der Waals surface area contributed by atoms with Gasteiger partial charge in [0.2, 0.25) is 11.8 Å². The molecule has 3 saturated heterocycles. The molecule has 6 aliphatic rings. The van der Waals surface area contributed by atoms with Gasteiger partial charge < -0.3 is 20.1 Å². The average Bonchev–Trinajstić information content (AvgIpc) is 3.79. The van der Waals surface area contributed by atoms with Crippen LogP contribution in [0, 0.1) is 12.7 Å². The minimum atomic E-state index is -1.00. The number of aromatic amines is 1. The van der Waals surface area contributed by atoms with Crippen LogP contribution in [0.2, 0.25) is 0 Å². The summed E-state index contributed by atoms with van der Waals surface area (Å²) in [6.07, 6.45) is 1.38. The molecule has 3 N–H and O–H groups in total. The van der Waals surface area contributed by atoms with Crippen molar-refractivity contribution in [3.63, 3.8) is 0 Å². The highest BCUT2D eigenvalue weighted by atomic mass is 19.1. The number of piperidine rings is 1. The molecule has 1 unspecified atom stereocenters. The normalized spacial score (nSPS) is 23.4. The molecular formula is C37H34FN7O6. The molecular weight excluding hydrogens is 657 g/mol. The smallest absolute Gasteiger partial charge is 0.262 e. The van der Waals surface area contributed by atoms with E-state index in [2.05, 4.69) is 25.4 Å². The highest BCUT2D eigenvalue weighted by molar-refractivity contribution is 6.37. The van der Waals surface area contributed by atoms with Gasteiger partial charge in [0.05, 0.1) is 22.3 Å². The van der Waals surface area contributed by atoms with Crippen molar-refractivity contribution in [3.05, 3.63) is 81.4 Å². The summed E-state index contributed by atoms with van der Waals surface area (Å²) in [5, 5.41) is 5.05. The summed E-state index contributed by atoms with van der Waals surface area (Å²) in [6.45, 7) is 5.91. The van der Waals surface area contributed by atoms with E-state index in [0.29, 0.717) is 61.4 Å². The number of anilines is 2. The number of carbonyl (C=O) groups excluding carboxylic acids is 6. The van der Waals surface area contributed by atoms with Crippen LogP contribution in [-0.4, -0.2) is 106 Å². The van der Waals surface area contributed by atoms with Gasteiger partial charge in [-0.3, -0.25) is 43.9 Å². The number of carbonyl (C=O) groups is 6. The fraction of sp³-hybridized carbons (Fsp3) is 0.351. The summed E-state index contributed by atoms with van der Waals surface area (Å²) in [5.74, 6) is -2.79. The van der Waals surface area contributed by atoms with Crippen LogP contribution in [-0.2, 0) is 20.8 Å². The number of nitrogens with one attached hydrogen (secondary N) is 3. The molecule has 14 heteroatoms. The van der Waals surface area contributed by atoms with Crippen molar-refractivity contribution in [3.8, 4) is 0 Å². The molecule has 1 atom stereocenters. The number of rotatable bonds is 4. The number of H-pyrrole nitrogens is 1. The van der Waals surface area contributed by atoms with Gasteiger partial charge in [-0.25, -0.2) is 4.39 Å². The predicted molar refractivity (Wildman–Crippen MR) is 182 cm³/mol. The molecule has 5 aliphatic heterocycles.